The molecule has 50 valence electrons. The summed E-state index contributed by atoms with van der Waals surface area (Å²) in [5.74, 6) is 0. The summed E-state index contributed by atoms with van der Waals surface area (Å²) in [6, 6.07) is 1.92. The lowest BCUT2D eigenvalue weighted by Gasteiger charge is -1.89. The molecule has 0 aliphatic carbocycles. The Bertz CT molecular complexity index is 313. The van der Waals surface area contributed by atoms with E-state index in [9.17, 15) is 0 Å². The van der Waals surface area contributed by atoms with E-state index in [1.54, 1.807) is 0 Å². The van der Waals surface area contributed by atoms with Crippen LogP contribution in [0.5, 0.6) is 0 Å². The number of nitrogens with one attached hydrogen (secondary N) is 2. The molecule has 0 amide bonds. The van der Waals surface area contributed by atoms with Crippen molar-refractivity contribution in [3.05, 3.63) is 18.0 Å². The summed E-state index contributed by atoms with van der Waals surface area (Å²) in [5, 5.41) is 2.99. The molecule has 0 aromatic carbocycles. The molecule has 10 heavy (non-hydrogen) atoms. The molecule has 4 heteroatoms. The van der Waals surface area contributed by atoms with Gasteiger partial charge >= 0.3 is 0 Å². The van der Waals surface area contributed by atoms with Crippen molar-refractivity contribution >= 4 is 40.0 Å². The highest BCUT2D eigenvalue weighted by molar-refractivity contribution is 7.90. The Morgan fingerprint density at radius 2 is 2.10 bits per heavy atom. The first-order valence-electron chi connectivity index (χ1n) is 2.82. The number of aromatic amines is 1. The Morgan fingerprint density at radius 3 is 2.80 bits per heavy atom. The number of thiocarbonyl (C=S) groups is 2. The summed E-state index contributed by atoms with van der Waals surface area (Å²) >= 11 is 9.94. The average Bonchev–Trinajstić information content (AvgIpc) is 2.41. The van der Waals surface area contributed by atoms with Crippen molar-refractivity contribution in [1.82, 2.24) is 4.98 Å². The summed E-state index contributed by atoms with van der Waals surface area (Å²) in [6.45, 7) is 0. The lowest BCUT2D eigenvalue weighted by Crippen LogP contribution is -2.09. The van der Waals surface area contributed by atoms with E-state index < -0.39 is 0 Å². The molecule has 0 bridgehead atoms. The molecule has 0 spiro atoms. The highest BCUT2D eigenvalue weighted by Crippen LogP contribution is 2.21. The number of H-pyrrole nitrogens is 1. The molecule has 2 heterocycles. The fraction of sp³-hybridized carbons (Fsp3) is 0. The summed E-state index contributed by atoms with van der Waals surface area (Å²) in [4.78, 5) is 4.37. The molecule has 0 atom stereocenters. The Morgan fingerprint density at radius 1 is 1.30 bits per heavy atom. The van der Waals surface area contributed by atoms with Crippen LogP contribution in [-0.2, 0) is 0 Å². The molecule has 2 rings (SSSR count). The molecule has 0 fully saturated rings. The SMILES string of the molecule is S=C1Nc2cc[nH]c2C1=S. The topological polar surface area (TPSA) is 27.8 Å². The van der Waals surface area contributed by atoms with Gasteiger partial charge in [0.15, 0.2) is 0 Å². The zero-order chi connectivity index (χ0) is 7.14. The number of anilines is 1. The van der Waals surface area contributed by atoms with Crippen molar-refractivity contribution in [2.75, 3.05) is 5.32 Å². The van der Waals surface area contributed by atoms with Gasteiger partial charge in [0.25, 0.3) is 0 Å². The lowest BCUT2D eigenvalue weighted by molar-refractivity contribution is 1.40. The number of hydrogen-bond donors (Lipinski definition) is 2. The van der Waals surface area contributed by atoms with E-state index >= 15 is 0 Å². The Hall–Kier alpha value is -0.740. The van der Waals surface area contributed by atoms with Crippen LogP contribution in [0.3, 0.4) is 0 Å². The van der Waals surface area contributed by atoms with Gasteiger partial charge in [-0.2, -0.15) is 0 Å². The van der Waals surface area contributed by atoms with Crippen LogP contribution in [0.4, 0.5) is 5.69 Å². The third kappa shape index (κ3) is 0.629. The van der Waals surface area contributed by atoms with E-state index in [1.807, 2.05) is 12.3 Å². The monoisotopic (exact) mass is 168 g/mol. The van der Waals surface area contributed by atoms with Crippen LogP contribution in [0.15, 0.2) is 12.3 Å². The van der Waals surface area contributed by atoms with Gasteiger partial charge in [-0.15, -0.1) is 0 Å². The molecular formula is C6H4N2S2. The zero-order valence-corrected chi connectivity index (χ0v) is 6.60. The Balaban J connectivity index is 2.63. The normalized spacial score (nSPS) is 15.2. The van der Waals surface area contributed by atoms with E-state index in [0.29, 0.717) is 4.99 Å². The minimum absolute atomic E-state index is 0.650. The minimum atomic E-state index is 0.650. The molecule has 0 radical (unpaired) electrons. The summed E-state index contributed by atoms with van der Waals surface area (Å²) < 4.78 is 0. The van der Waals surface area contributed by atoms with Crippen molar-refractivity contribution in [3.63, 3.8) is 0 Å². The standard InChI is InChI=1S/C6H4N2S2/c9-5-4-3(1-2-7-4)8-6(5)10/h1-2,7H,(H,8,9,10). The number of hydrogen-bond acceptors (Lipinski definition) is 2. The third-order valence-corrected chi connectivity index (χ3v) is 2.27. The minimum Gasteiger partial charge on any atom is -0.359 e. The molecule has 1 aromatic heterocycles. The lowest BCUT2D eigenvalue weighted by atomic mass is 10.3. The maximum absolute atomic E-state index is 5.02. The van der Waals surface area contributed by atoms with Gasteiger partial charge in [0.2, 0.25) is 0 Å². The highest BCUT2D eigenvalue weighted by Gasteiger charge is 2.20. The van der Waals surface area contributed by atoms with E-state index in [4.69, 9.17) is 24.4 Å². The molecule has 0 saturated heterocycles. The smallest absolute Gasteiger partial charge is 0.124 e. The van der Waals surface area contributed by atoms with Gasteiger partial charge in [-0.05, 0) is 6.07 Å². The van der Waals surface area contributed by atoms with E-state index in [2.05, 4.69) is 10.3 Å². The predicted molar refractivity (Wildman–Crippen MR) is 48.7 cm³/mol. The van der Waals surface area contributed by atoms with E-state index in [0.717, 1.165) is 16.2 Å². The van der Waals surface area contributed by atoms with Crippen molar-refractivity contribution in [2.45, 2.75) is 0 Å². The fourth-order valence-corrected chi connectivity index (χ4v) is 1.39. The van der Waals surface area contributed by atoms with Crippen LogP contribution in [0, 0.1) is 0 Å². The van der Waals surface area contributed by atoms with Gasteiger partial charge in [-0.25, -0.2) is 0 Å². The van der Waals surface area contributed by atoms with Gasteiger partial charge in [0.1, 0.15) is 4.99 Å². The Labute approximate surface area is 68.6 Å². The van der Waals surface area contributed by atoms with Crippen LogP contribution in [-0.4, -0.2) is 14.8 Å². The van der Waals surface area contributed by atoms with Crippen molar-refractivity contribution in [2.24, 2.45) is 0 Å². The van der Waals surface area contributed by atoms with Crippen molar-refractivity contribution in [3.8, 4) is 0 Å². The summed E-state index contributed by atoms with van der Waals surface area (Å²) in [7, 11) is 0. The molecule has 2 N–H and O–H groups in total. The molecule has 1 aromatic rings. The Kier molecular flexibility index (Phi) is 1.12. The highest BCUT2D eigenvalue weighted by atomic mass is 32.1. The van der Waals surface area contributed by atoms with Gasteiger partial charge in [0, 0.05) is 6.20 Å². The second-order valence-electron chi connectivity index (χ2n) is 2.05. The van der Waals surface area contributed by atoms with Gasteiger partial charge in [-0.1, -0.05) is 24.4 Å². The van der Waals surface area contributed by atoms with E-state index in [-0.39, 0.29) is 0 Å². The fourth-order valence-electron chi connectivity index (χ4n) is 0.954. The summed E-state index contributed by atoms with van der Waals surface area (Å²) in [6.07, 6.45) is 1.84. The second kappa shape index (κ2) is 1.87. The van der Waals surface area contributed by atoms with Crippen LogP contribution in [0.25, 0.3) is 0 Å². The maximum atomic E-state index is 5.02. The first kappa shape index (κ1) is 6.00. The predicted octanol–water partition coefficient (Wildman–Crippen LogP) is 1.49. The third-order valence-electron chi connectivity index (χ3n) is 1.43. The molecule has 1 aliphatic heterocycles. The zero-order valence-electron chi connectivity index (χ0n) is 4.97. The van der Waals surface area contributed by atoms with Crippen LogP contribution >= 0.6 is 24.4 Å². The largest absolute Gasteiger partial charge is 0.359 e. The summed E-state index contributed by atoms with van der Waals surface area (Å²) in [5.41, 5.74) is 1.94. The molecule has 0 saturated carbocycles. The quantitative estimate of drug-likeness (QED) is 0.575. The van der Waals surface area contributed by atoms with Gasteiger partial charge in [0.05, 0.1) is 16.2 Å². The average molecular weight is 168 g/mol. The van der Waals surface area contributed by atoms with E-state index in [1.165, 1.54) is 0 Å². The van der Waals surface area contributed by atoms with Crippen LogP contribution in [0.1, 0.15) is 5.69 Å². The van der Waals surface area contributed by atoms with Gasteiger partial charge in [-0.3, -0.25) is 0 Å². The van der Waals surface area contributed by atoms with Crippen LogP contribution < -0.4 is 5.32 Å². The number of aromatic nitrogens is 1. The number of fused-ring (bicyclic) bond motifs is 1. The van der Waals surface area contributed by atoms with Crippen LogP contribution in [0.2, 0.25) is 0 Å². The maximum Gasteiger partial charge on any atom is 0.124 e. The van der Waals surface area contributed by atoms with Crippen molar-refractivity contribution in [1.29, 1.82) is 0 Å². The molecule has 0 unspecified atom stereocenters. The number of rotatable bonds is 0. The molecule has 1 aliphatic rings. The van der Waals surface area contributed by atoms with Gasteiger partial charge < -0.3 is 10.3 Å². The first-order valence-corrected chi connectivity index (χ1v) is 3.64. The molecule has 2 nitrogen and oxygen atoms in total. The second-order valence-corrected chi connectivity index (χ2v) is 2.87. The molecular weight excluding hydrogens is 164 g/mol. The first-order chi connectivity index (χ1) is 4.79. The van der Waals surface area contributed by atoms with Crippen molar-refractivity contribution < 1.29 is 0 Å².